The molecule has 1 heterocycles. The molecule has 6 nitrogen and oxygen atoms in total. The average Bonchev–Trinajstić information content (AvgIpc) is 3.51. The zero-order valence-corrected chi connectivity index (χ0v) is 15.3. The fourth-order valence-electron chi connectivity index (χ4n) is 2.96. The van der Waals surface area contributed by atoms with Gasteiger partial charge in [0, 0.05) is 17.5 Å². The van der Waals surface area contributed by atoms with Crippen LogP contribution in [0.3, 0.4) is 0 Å². The molecule has 0 atom stereocenters. The summed E-state index contributed by atoms with van der Waals surface area (Å²) in [5.74, 6) is 1.85. The van der Waals surface area contributed by atoms with Gasteiger partial charge in [-0.05, 0) is 37.1 Å². The summed E-state index contributed by atoms with van der Waals surface area (Å²) < 4.78 is 10.7. The number of carbonyl (C=O) groups is 1. The van der Waals surface area contributed by atoms with Crippen LogP contribution < -0.4 is 20.1 Å². The minimum absolute atomic E-state index is 0.0687. The van der Waals surface area contributed by atoms with Crippen LogP contribution >= 0.6 is 0 Å². The molecule has 1 aliphatic carbocycles. The van der Waals surface area contributed by atoms with Crippen LogP contribution in [0.5, 0.6) is 11.5 Å². The number of anilines is 2. The second-order valence-corrected chi connectivity index (χ2v) is 6.51. The highest BCUT2D eigenvalue weighted by atomic mass is 16.5. The minimum Gasteiger partial charge on any atom is -0.497 e. The zero-order valence-electron chi connectivity index (χ0n) is 15.3. The molecular weight excluding hydrogens is 342 g/mol. The van der Waals surface area contributed by atoms with E-state index in [1.54, 1.807) is 26.4 Å². The Morgan fingerprint density at radius 3 is 2.63 bits per heavy atom. The molecule has 1 aliphatic rings. The van der Waals surface area contributed by atoms with Crippen LogP contribution in [-0.4, -0.2) is 31.2 Å². The fraction of sp³-hybridized carbons (Fsp3) is 0.238. The quantitative estimate of drug-likeness (QED) is 0.695. The van der Waals surface area contributed by atoms with Gasteiger partial charge in [0.05, 0.1) is 31.0 Å². The third kappa shape index (κ3) is 3.65. The maximum atomic E-state index is 12.7. The third-order valence-corrected chi connectivity index (χ3v) is 4.54. The number of nitrogens with zero attached hydrogens (tertiary/aromatic N) is 1. The lowest BCUT2D eigenvalue weighted by atomic mass is 10.1. The number of aromatic nitrogens is 1. The second kappa shape index (κ2) is 7.15. The maximum Gasteiger partial charge on any atom is 0.252 e. The second-order valence-electron chi connectivity index (χ2n) is 6.51. The number of fused-ring (bicyclic) bond motifs is 1. The molecule has 0 aliphatic heterocycles. The van der Waals surface area contributed by atoms with Gasteiger partial charge in [-0.25, -0.2) is 4.98 Å². The number of benzene rings is 2. The van der Waals surface area contributed by atoms with Crippen molar-refractivity contribution in [2.45, 2.75) is 18.9 Å². The van der Waals surface area contributed by atoms with Gasteiger partial charge in [-0.3, -0.25) is 4.79 Å². The van der Waals surface area contributed by atoms with E-state index in [4.69, 9.17) is 9.47 Å². The van der Waals surface area contributed by atoms with Crippen molar-refractivity contribution >= 4 is 28.3 Å². The Morgan fingerprint density at radius 2 is 1.89 bits per heavy atom. The number of hydrogen-bond donors (Lipinski definition) is 2. The maximum absolute atomic E-state index is 12.7. The third-order valence-electron chi connectivity index (χ3n) is 4.54. The van der Waals surface area contributed by atoms with E-state index in [0.29, 0.717) is 28.9 Å². The molecule has 3 aromatic rings. The molecule has 2 N–H and O–H groups in total. The highest BCUT2D eigenvalue weighted by Gasteiger charge is 2.25. The predicted molar refractivity (Wildman–Crippen MR) is 105 cm³/mol. The van der Waals surface area contributed by atoms with Gasteiger partial charge in [-0.15, -0.1) is 0 Å². The summed E-state index contributed by atoms with van der Waals surface area (Å²) in [7, 11) is 3.21. The summed E-state index contributed by atoms with van der Waals surface area (Å²) >= 11 is 0. The average molecular weight is 363 g/mol. The minimum atomic E-state index is -0.0687. The molecule has 1 amide bonds. The molecule has 4 rings (SSSR count). The van der Waals surface area contributed by atoms with Crippen LogP contribution in [0, 0.1) is 0 Å². The number of nitrogens with one attached hydrogen (secondary N) is 2. The lowest BCUT2D eigenvalue weighted by Crippen LogP contribution is -2.25. The fourth-order valence-corrected chi connectivity index (χ4v) is 2.96. The molecule has 1 fully saturated rings. The number of amides is 1. The van der Waals surface area contributed by atoms with Crippen molar-refractivity contribution in [1.82, 2.24) is 10.3 Å². The molecule has 1 aromatic heterocycles. The zero-order chi connectivity index (χ0) is 18.8. The molecule has 0 unspecified atom stereocenters. The Bertz CT molecular complexity index is 999. The summed E-state index contributed by atoms with van der Waals surface area (Å²) in [6.07, 6.45) is 2.09. The highest BCUT2D eigenvalue weighted by molar-refractivity contribution is 6.07. The molecule has 0 saturated heterocycles. The molecule has 138 valence electrons. The molecule has 1 saturated carbocycles. The number of carbonyl (C=O) groups excluding carboxylic acids is 1. The Balaban J connectivity index is 1.72. The first-order chi connectivity index (χ1) is 13.2. The Labute approximate surface area is 157 Å². The first-order valence-corrected chi connectivity index (χ1v) is 8.87. The van der Waals surface area contributed by atoms with Crippen LogP contribution in [-0.2, 0) is 0 Å². The summed E-state index contributed by atoms with van der Waals surface area (Å²) in [6, 6.07) is 15.2. The van der Waals surface area contributed by atoms with E-state index in [1.807, 2.05) is 36.4 Å². The van der Waals surface area contributed by atoms with Crippen molar-refractivity contribution in [3.05, 3.63) is 54.1 Å². The van der Waals surface area contributed by atoms with Gasteiger partial charge in [-0.1, -0.05) is 18.2 Å². The smallest absolute Gasteiger partial charge is 0.252 e. The van der Waals surface area contributed by atoms with Crippen LogP contribution in [0.1, 0.15) is 23.2 Å². The molecule has 0 radical (unpaired) electrons. The van der Waals surface area contributed by atoms with E-state index in [9.17, 15) is 4.79 Å². The Hall–Kier alpha value is -3.28. The van der Waals surface area contributed by atoms with E-state index in [0.717, 1.165) is 29.4 Å². The molecule has 6 heteroatoms. The molecule has 0 spiro atoms. The van der Waals surface area contributed by atoms with Crippen molar-refractivity contribution in [3.63, 3.8) is 0 Å². The van der Waals surface area contributed by atoms with E-state index in [1.165, 1.54) is 0 Å². The van der Waals surface area contributed by atoms with Crippen molar-refractivity contribution < 1.29 is 14.3 Å². The van der Waals surface area contributed by atoms with Crippen LogP contribution in [0.25, 0.3) is 10.9 Å². The summed E-state index contributed by atoms with van der Waals surface area (Å²) in [4.78, 5) is 17.4. The SMILES string of the molecule is COc1ccc(Nc2cc(C(=O)NC3CC3)c3ccccc3n2)c(OC)c1. The summed E-state index contributed by atoms with van der Waals surface area (Å²) in [6.45, 7) is 0. The molecular formula is C21H21N3O3. The van der Waals surface area contributed by atoms with Crippen molar-refractivity contribution in [3.8, 4) is 11.5 Å². The standard InChI is InChI=1S/C21H21N3O3/c1-26-14-9-10-18(19(11-14)27-2)24-20-12-16(21(25)22-13-7-8-13)15-5-3-4-6-17(15)23-20/h3-6,9-13H,7-8H2,1-2H3,(H,22,25)(H,23,24). The van der Waals surface area contributed by atoms with Gasteiger partial charge in [-0.2, -0.15) is 0 Å². The molecule has 0 bridgehead atoms. The number of rotatable bonds is 6. The van der Waals surface area contributed by atoms with Crippen molar-refractivity contribution in [1.29, 1.82) is 0 Å². The Kier molecular flexibility index (Phi) is 4.54. The number of ether oxygens (including phenoxy) is 2. The van der Waals surface area contributed by atoms with Gasteiger partial charge < -0.3 is 20.1 Å². The van der Waals surface area contributed by atoms with Crippen molar-refractivity contribution in [2.75, 3.05) is 19.5 Å². The number of methoxy groups -OCH3 is 2. The lowest BCUT2D eigenvalue weighted by molar-refractivity contribution is 0.0952. The highest BCUT2D eigenvalue weighted by Crippen LogP contribution is 2.32. The summed E-state index contributed by atoms with van der Waals surface area (Å²) in [5, 5.41) is 7.15. The largest absolute Gasteiger partial charge is 0.497 e. The van der Waals surface area contributed by atoms with E-state index in [-0.39, 0.29) is 5.91 Å². The van der Waals surface area contributed by atoms with Gasteiger partial charge >= 0.3 is 0 Å². The molecule has 2 aromatic carbocycles. The lowest BCUT2D eigenvalue weighted by Gasteiger charge is -2.14. The summed E-state index contributed by atoms with van der Waals surface area (Å²) in [5.41, 5.74) is 2.12. The van der Waals surface area contributed by atoms with Crippen molar-refractivity contribution in [2.24, 2.45) is 0 Å². The first-order valence-electron chi connectivity index (χ1n) is 8.87. The van der Waals surface area contributed by atoms with E-state index in [2.05, 4.69) is 15.6 Å². The topological polar surface area (TPSA) is 72.5 Å². The number of hydrogen-bond acceptors (Lipinski definition) is 5. The van der Waals surface area contributed by atoms with Crippen LogP contribution in [0.4, 0.5) is 11.5 Å². The van der Waals surface area contributed by atoms with E-state index < -0.39 is 0 Å². The van der Waals surface area contributed by atoms with Gasteiger partial charge in [0.2, 0.25) is 0 Å². The van der Waals surface area contributed by atoms with Gasteiger partial charge in [0.1, 0.15) is 17.3 Å². The number of para-hydroxylation sites is 1. The molecule has 27 heavy (non-hydrogen) atoms. The van der Waals surface area contributed by atoms with Crippen LogP contribution in [0.2, 0.25) is 0 Å². The first kappa shape index (κ1) is 17.1. The number of pyridine rings is 1. The predicted octanol–water partition coefficient (Wildman–Crippen LogP) is 3.89. The van der Waals surface area contributed by atoms with Gasteiger partial charge in [0.15, 0.2) is 0 Å². The normalized spacial score (nSPS) is 13.3. The Morgan fingerprint density at radius 1 is 1.07 bits per heavy atom. The van der Waals surface area contributed by atoms with Gasteiger partial charge in [0.25, 0.3) is 5.91 Å². The van der Waals surface area contributed by atoms with E-state index >= 15 is 0 Å². The monoisotopic (exact) mass is 363 g/mol. The van der Waals surface area contributed by atoms with Crippen LogP contribution in [0.15, 0.2) is 48.5 Å².